The molecule has 10 heteroatoms. The van der Waals surface area contributed by atoms with E-state index in [1.165, 1.54) is 14.0 Å². The molecule has 2 heterocycles. The molecule has 2 aliphatic rings. The SMILES string of the molecule is CCOC(=O)C1=C(N)OC(C)=C(C(=O)OCCOC)C12C(=O)Nc1ccc(Br)cc12. The van der Waals surface area contributed by atoms with E-state index < -0.39 is 23.3 Å². The molecule has 0 saturated heterocycles. The van der Waals surface area contributed by atoms with E-state index in [1.807, 2.05) is 0 Å². The van der Waals surface area contributed by atoms with E-state index in [4.69, 9.17) is 24.7 Å². The standard InChI is InChI=1S/C20H21BrN2O7/c1-4-28-18(25)15-16(22)30-10(2)14(17(24)29-8-7-27-3)20(15)12-9-11(21)5-6-13(12)23-19(20)26/h5-6,9H,4,7-8,22H2,1-3H3,(H,23,26). The molecule has 3 N–H and O–H groups in total. The molecule has 3 rings (SSSR count). The maximum absolute atomic E-state index is 13.4. The van der Waals surface area contributed by atoms with Crippen molar-refractivity contribution in [1.82, 2.24) is 0 Å². The molecule has 0 bridgehead atoms. The van der Waals surface area contributed by atoms with Crippen LogP contribution in [0.25, 0.3) is 0 Å². The molecular weight excluding hydrogens is 460 g/mol. The van der Waals surface area contributed by atoms with Crippen LogP contribution in [-0.2, 0) is 38.7 Å². The molecule has 0 saturated carbocycles. The number of nitrogens with two attached hydrogens (primary N) is 1. The number of halogens is 1. The number of hydrogen-bond acceptors (Lipinski definition) is 8. The van der Waals surface area contributed by atoms with Crippen LogP contribution in [0, 0.1) is 0 Å². The summed E-state index contributed by atoms with van der Waals surface area (Å²) in [6.07, 6.45) is 0. The zero-order valence-electron chi connectivity index (χ0n) is 16.7. The highest BCUT2D eigenvalue weighted by molar-refractivity contribution is 9.10. The van der Waals surface area contributed by atoms with Crippen molar-refractivity contribution in [2.75, 3.05) is 32.2 Å². The van der Waals surface area contributed by atoms with E-state index in [9.17, 15) is 14.4 Å². The van der Waals surface area contributed by atoms with Crippen LogP contribution in [0.1, 0.15) is 19.4 Å². The largest absolute Gasteiger partial charge is 0.462 e. The number of allylic oxidation sites excluding steroid dienone is 1. The molecule has 1 aromatic carbocycles. The molecule has 1 atom stereocenters. The number of fused-ring (bicyclic) bond motifs is 2. The molecule has 0 fully saturated rings. The summed E-state index contributed by atoms with van der Waals surface area (Å²) in [5, 5.41) is 2.73. The summed E-state index contributed by atoms with van der Waals surface area (Å²) in [7, 11) is 1.46. The third kappa shape index (κ3) is 3.35. The fraction of sp³-hybridized carbons (Fsp3) is 0.350. The minimum atomic E-state index is -1.89. The number of esters is 2. The van der Waals surface area contributed by atoms with Gasteiger partial charge >= 0.3 is 11.9 Å². The molecule has 0 radical (unpaired) electrons. The summed E-state index contributed by atoms with van der Waals surface area (Å²) in [6.45, 7) is 3.24. The van der Waals surface area contributed by atoms with Crippen LogP contribution < -0.4 is 11.1 Å². The molecule has 1 spiro atoms. The van der Waals surface area contributed by atoms with Gasteiger partial charge in [-0.15, -0.1) is 0 Å². The number of benzene rings is 1. The number of amides is 1. The molecule has 2 aliphatic heterocycles. The fourth-order valence-electron chi connectivity index (χ4n) is 3.65. The first-order valence-electron chi connectivity index (χ1n) is 9.13. The zero-order valence-corrected chi connectivity index (χ0v) is 18.3. The van der Waals surface area contributed by atoms with Gasteiger partial charge in [-0.25, -0.2) is 9.59 Å². The van der Waals surface area contributed by atoms with E-state index in [2.05, 4.69) is 21.2 Å². The lowest BCUT2D eigenvalue weighted by Crippen LogP contribution is -2.48. The summed E-state index contributed by atoms with van der Waals surface area (Å²) in [4.78, 5) is 39.4. The topological polar surface area (TPSA) is 126 Å². The highest BCUT2D eigenvalue weighted by Crippen LogP contribution is 2.53. The predicted molar refractivity (Wildman–Crippen MR) is 109 cm³/mol. The summed E-state index contributed by atoms with van der Waals surface area (Å²) in [5.41, 5.74) is 4.53. The van der Waals surface area contributed by atoms with Crippen molar-refractivity contribution in [2.45, 2.75) is 19.3 Å². The average molecular weight is 481 g/mol. The van der Waals surface area contributed by atoms with Gasteiger partial charge in [-0.2, -0.15) is 0 Å². The number of ether oxygens (including phenoxy) is 4. The van der Waals surface area contributed by atoms with Gasteiger partial charge in [-0.3, -0.25) is 4.79 Å². The van der Waals surface area contributed by atoms with Crippen LogP contribution in [0.2, 0.25) is 0 Å². The van der Waals surface area contributed by atoms with Gasteiger partial charge in [-0.1, -0.05) is 15.9 Å². The third-order valence-corrected chi connectivity index (χ3v) is 5.28. The Morgan fingerprint density at radius 2 is 1.90 bits per heavy atom. The minimum absolute atomic E-state index is 0.0367. The normalized spacial score (nSPS) is 20.1. The Bertz CT molecular complexity index is 985. The zero-order chi connectivity index (χ0) is 22.1. The first kappa shape index (κ1) is 21.8. The second kappa shape index (κ2) is 8.49. The van der Waals surface area contributed by atoms with E-state index in [-0.39, 0.29) is 42.6 Å². The molecular formula is C20H21BrN2O7. The highest BCUT2D eigenvalue weighted by atomic mass is 79.9. The molecule has 30 heavy (non-hydrogen) atoms. The predicted octanol–water partition coefficient (Wildman–Crippen LogP) is 1.87. The number of anilines is 1. The molecule has 0 aliphatic carbocycles. The van der Waals surface area contributed by atoms with E-state index in [0.29, 0.717) is 15.7 Å². The van der Waals surface area contributed by atoms with Crippen molar-refractivity contribution < 1.29 is 33.3 Å². The maximum atomic E-state index is 13.4. The lowest BCUT2D eigenvalue weighted by atomic mass is 9.67. The average Bonchev–Trinajstić information content (AvgIpc) is 2.94. The molecule has 1 unspecified atom stereocenters. The Kier molecular flexibility index (Phi) is 6.18. The molecule has 9 nitrogen and oxygen atoms in total. The Morgan fingerprint density at radius 3 is 2.57 bits per heavy atom. The van der Waals surface area contributed by atoms with Gasteiger partial charge in [0.15, 0.2) is 0 Å². The van der Waals surface area contributed by atoms with Crippen LogP contribution >= 0.6 is 15.9 Å². The highest BCUT2D eigenvalue weighted by Gasteiger charge is 2.61. The van der Waals surface area contributed by atoms with Crippen LogP contribution in [-0.4, -0.2) is 44.8 Å². The lowest BCUT2D eigenvalue weighted by molar-refractivity contribution is -0.144. The van der Waals surface area contributed by atoms with Gasteiger partial charge < -0.3 is 30.0 Å². The number of carbonyl (C=O) groups is 3. The van der Waals surface area contributed by atoms with Gasteiger partial charge in [0.2, 0.25) is 11.8 Å². The van der Waals surface area contributed by atoms with Gasteiger partial charge in [0.25, 0.3) is 0 Å². The quantitative estimate of drug-likeness (QED) is 0.466. The van der Waals surface area contributed by atoms with E-state index >= 15 is 0 Å². The third-order valence-electron chi connectivity index (χ3n) is 4.79. The molecule has 1 amide bonds. The fourth-order valence-corrected chi connectivity index (χ4v) is 4.02. The second-order valence-corrected chi connectivity index (χ2v) is 7.43. The van der Waals surface area contributed by atoms with E-state index in [0.717, 1.165) is 0 Å². The van der Waals surface area contributed by atoms with Crippen LogP contribution in [0.5, 0.6) is 0 Å². The molecule has 0 aromatic heterocycles. The number of rotatable bonds is 6. The smallest absolute Gasteiger partial charge is 0.341 e. The molecule has 1 aromatic rings. The van der Waals surface area contributed by atoms with Gasteiger partial charge in [-0.05, 0) is 32.0 Å². The number of hydrogen-bond donors (Lipinski definition) is 2. The van der Waals surface area contributed by atoms with Crippen molar-refractivity contribution >= 4 is 39.5 Å². The van der Waals surface area contributed by atoms with Crippen molar-refractivity contribution in [1.29, 1.82) is 0 Å². The lowest BCUT2D eigenvalue weighted by Gasteiger charge is -2.35. The van der Waals surface area contributed by atoms with Crippen molar-refractivity contribution in [2.24, 2.45) is 5.73 Å². The van der Waals surface area contributed by atoms with Crippen LogP contribution in [0.4, 0.5) is 5.69 Å². The number of nitrogens with one attached hydrogen (secondary N) is 1. The first-order chi connectivity index (χ1) is 14.3. The van der Waals surface area contributed by atoms with Crippen molar-refractivity contribution in [3.8, 4) is 0 Å². The number of carbonyl (C=O) groups excluding carboxylic acids is 3. The van der Waals surface area contributed by atoms with Crippen molar-refractivity contribution in [3.63, 3.8) is 0 Å². The van der Waals surface area contributed by atoms with Gasteiger partial charge in [0, 0.05) is 22.8 Å². The Balaban J connectivity index is 2.29. The minimum Gasteiger partial charge on any atom is -0.462 e. The summed E-state index contributed by atoms with van der Waals surface area (Å²) in [6, 6.07) is 5.02. The van der Waals surface area contributed by atoms with Gasteiger partial charge in [0.05, 0.1) is 13.2 Å². The second-order valence-electron chi connectivity index (χ2n) is 6.52. The Hall–Kier alpha value is -2.85. The van der Waals surface area contributed by atoms with E-state index in [1.54, 1.807) is 25.1 Å². The molecule has 160 valence electrons. The van der Waals surface area contributed by atoms with Crippen molar-refractivity contribution in [3.05, 3.63) is 51.0 Å². The Labute approximate surface area is 181 Å². The monoisotopic (exact) mass is 480 g/mol. The van der Waals surface area contributed by atoms with Crippen LogP contribution in [0.3, 0.4) is 0 Å². The Morgan fingerprint density at radius 1 is 1.20 bits per heavy atom. The maximum Gasteiger partial charge on any atom is 0.341 e. The number of methoxy groups -OCH3 is 1. The summed E-state index contributed by atoms with van der Waals surface area (Å²) < 4.78 is 21.5. The summed E-state index contributed by atoms with van der Waals surface area (Å²) in [5.74, 6) is -2.61. The first-order valence-corrected chi connectivity index (χ1v) is 9.92. The van der Waals surface area contributed by atoms with Gasteiger partial charge in [0.1, 0.15) is 28.9 Å². The van der Waals surface area contributed by atoms with Crippen LogP contribution in [0.15, 0.2) is 45.5 Å². The summed E-state index contributed by atoms with van der Waals surface area (Å²) >= 11 is 3.38.